The van der Waals surface area contributed by atoms with E-state index >= 15 is 0 Å². The van der Waals surface area contributed by atoms with Crippen LogP contribution in [-0.4, -0.2) is 17.6 Å². The van der Waals surface area contributed by atoms with Gasteiger partial charge in [-0.3, -0.25) is 4.79 Å². The highest BCUT2D eigenvalue weighted by Crippen LogP contribution is 2.18. The number of anilines is 1. The van der Waals surface area contributed by atoms with Gasteiger partial charge in [0.2, 0.25) is 5.91 Å². The molecule has 90 valence electrons. The van der Waals surface area contributed by atoms with E-state index in [9.17, 15) is 4.79 Å². The van der Waals surface area contributed by atoms with Crippen LogP contribution in [-0.2, 0) is 11.2 Å². The second-order valence-corrected chi connectivity index (χ2v) is 3.59. The summed E-state index contributed by atoms with van der Waals surface area (Å²) in [4.78, 5) is 11.3. The molecule has 0 heterocycles. The van der Waals surface area contributed by atoms with Crippen molar-refractivity contribution in [3.05, 3.63) is 29.3 Å². The van der Waals surface area contributed by atoms with Gasteiger partial charge < -0.3 is 10.4 Å². The summed E-state index contributed by atoms with van der Waals surface area (Å²) < 4.78 is 0. The first-order chi connectivity index (χ1) is 8.21. The molecule has 0 saturated carbocycles. The van der Waals surface area contributed by atoms with Crippen molar-refractivity contribution in [2.45, 2.75) is 26.7 Å². The molecule has 0 atom stereocenters. The number of carbonyl (C=O) groups excluding carboxylic acids is 1. The third-order valence-electron chi connectivity index (χ3n) is 2.39. The van der Waals surface area contributed by atoms with Crippen molar-refractivity contribution >= 4 is 11.6 Å². The van der Waals surface area contributed by atoms with Gasteiger partial charge in [0.15, 0.2) is 0 Å². The van der Waals surface area contributed by atoms with Crippen LogP contribution in [0.1, 0.15) is 31.4 Å². The van der Waals surface area contributed by atoms with Crippen LogP contribution in [0.25, 0.3) is 0 Å². The van der Waals surface area contributed by atoms with Gasteiger partial charge in [0, 0.05) is 17.7 Å². The van der Waals surface area contributed by atoms with Crippen molar-refractivity contribution < 1.29 is 9.90 Å². The van der Waals surface area contributed by atoms with Crippen molar-refractivity contribution in [3.8, 4) is 11.8 Å². The highest BCUT2D eigenvalue weighted by atomic mass is 16.2. The Morgan fingerprint density at radius 3 is 2.76 bits per heavy atom. The monoisotopic (exact) mass is 231 g/mol. The summed E-state index contributed by atoms with van der Waals surface area (Å²) >= 11 is 0. The van der Waals surface area contributed by atoms with E-state index in [-0.39, 0.29) is 12.5 Å². The van der Waals surface area contributed by atoms with Crippen molar-refractivity contribution in [2.75, 3.05) is 11.9 Å². The number of carbonyl (C=O) groups is 1. The van der Waals surface area contributed by atoms with Crippen molar-refractivity contribution in [2.24, 2.45) is 0 Å². The molecular formula is C14H17NO2. The first-order valence-electron chi connectivity index (χ1n) is 5.73. The predicted molar refractivity (Wildman–Crippen MR) is 68.7 cm³/mol. The molecule has 1 aromatic carbocycles. The zero-order valence-corrected chi connectivity index (χ0v) is 10.2. The molecule has 0 fully saturated rings. The number of nitrogens with one attached hydrogen (secondary N) is 1. The largest absolute Gasteiger partial charge is 0.384 e. The fourth-order valence-corrected chi connectivity index (χ4v) is 1.47. The van der Waals surface area contributed by atoms with Crippen LogP contribution >= 0.6 is 0 Å². The summed E-state index contributed by atoms with van der Waals surface area (Å²) in [5.74, 6) is 5.46. The van der Waals surface area contributed by atoms with Gasteiger partial charge in [-0.2, -0.15) is 0 Å². The average molecular weight is 231 g/mol. The van der Waals surface area contributed by atoms with Crippen molar-refractivity contribution in [1.29, 1.82) is 0 Å². The number of amides is 1. The molecule has 0 spiro atoms. The topological polar surface area (TPSA) is 49.3 Å². The van der Waals surface area contributed by atoms with E-state index in [1.54, 1.807) is 0 Å². The minimum absolute atomic E-state index is 0.00823. The highest BCUT2D eigenvalue weighted by molar-refractivity contribution is 5.91. The smallest absolute Gasteiger partial charge is 0.224 e. The predicted octanol–water partition coefficient (Wildman–Crippen LogP) is 1.94. The summed E-state index contributed by atoms with van der Waals surface area (Å²) in [6.07, 6.45) is 1.29. The summed E-state index contributed by atoms with van der Waals surface area (Å²) in [6, 6.07) is 5.63. The molecule has 0 radical (unpaired) electrons. The number of hydrogen-bond acceptors (Lipinski definition) is 2. The Morgan fingerprint density at radius 1 is 1.41 bits per heavy atom. The third-order valence-corrected chi connectivity index (χ3v) is 2.39. The van der Waals surface area contributed by atoms with Crippen molar-refractivity contribution in [1.82, 2.24) is 0 Å². The van der Waals surface area contributed by atoms with Gasteiger partial charge in [-0.1, -0.05) is 25.7 Å². The summed E-state index contributed by atoms with van der Waals surface area (Å²) in [5, 5.41) is 11.5. The lowest BCUT2D eigenvalue weighted by atomic mass is 10.1. The lowest BCUT2D eigenvalue weighted by Crippen LogP contribution is -2.11. The maximum absolute atomic E-state index is 11.3. The van der Waals surface area contributed by atoms with E-state index in [4.69, 9.17) is 5.11 Å². The van der Waals surface area contributed by atoms with Crippen LogP contribution in [0.5, 0.6) is 0 Å². The Bertz CT molecular complexity index is 455. The Hall–Kier alpha value is -1.79. The molecule has 3 nitrogen and oxygen atoms in total. The maximum Gasteiger partial charge on any atom is 0.224 e. The molecule has 1 aromatic rings. The molecule has 1 amide bonds. The molecule has 1 rings (SSSR count). The SMILES string of the molecule is CCC(=O)Nc1ccc(C#CCO)cc1CC. The third kappa shape index (κ3) is 3.93. The van der Waals surface area contributed by atoms with E-state index in [0.29, 0.717) is 6.42 Å². The molecule has 0 saturated heterocycles. The highest BCUT2D eigenvalue weighted by Gasteiger charge is 2.04. The zero-order chi connectivity index (χ0) is 12.7. The second-order valence-electron chi connectivity index (χ2n) is 3.59. The van der Waals surface area contributed by atoms with Gasteiger partial charge in [0.1, 0.15) is 6.61 Å². The van der Waals surface area contributed by atoms with E-state index < -0.39 is 0 Å². The van der Waals surface area contributed by atoms with Gasteiger partial charge in [0.05, 0.1) is 0 Å². The van der Waals surface area contributed by atoms with Gasteiger partial charge in [0.25, 0.3) is 0 Å². The molecular weight excluding hydrogens is 214 g/mol. The van der Waals surface area contributed by atoms with Crippen LogP contribution in [0, 0.1) is 11.8 Å². The summed E-state index contributed by atoms with van der Waals surface area (Å²) in [6.45, 7) is 3.71. The molecule has 0 bridgehead atoms. The van der Waals surface area contributed by atoms with Crippen LogP contribution in [0.15, 0.2) is 18.2 Å². The molecule has 17 heavy (non-hydrogen) atoms. The van der Waals surface area contributed by atoms with Gasteiger partial charge in [-0.05, 0) is 30.2 Å². The lowest BCUT2D eigenvalue weighted by molar-refractivity contribution is -0.115. The molecule has 0 unspecified atom stereocenters. The number of aryl methyl sites for hydroxylation is 1. The normalized spacial score (nSPS) is 9.35. The Kier molecular flexibility index (Phi) is 5.25. The fraction of sp³-hybridized carbons (Fsp3) is 0.357. The van der Waals surface area contributed by atoms with Crippen molar-refractivity contribution in [3.63, 3.8) is 0 Å². The number of rotatable bonds is 3. The van der Waals surface area contributed by atoms with E-state index in [1.807, 2.05) is 32.0 Å². The molecule has 0 aliphatic heterocycles. The quantitative estimate of drug-likeness (QED) is 0.781. The molecule has 0 aliphatic carbocycles. The lowest BCUT2D eigenvalue weighted by Gasteiger charge is -2.09. The molecule has 0 aliphatic rings. The Balaban J connectivity index is 2.96. The van der Waals surface area contributed by atoms with Gasteiger partial charge >= 0.3 is 0 Å². The number of hydrogen-bond donors (Lipinski definition) is 2. The van der Waals surface area contributed by atoms with E-state index in [1.165, 1.54) is 0 Å². The Morgan fingerprint density at radius 2 is 2.18 bits per heavy atom. The van der Waals surface area contributed by atoms with E-state index in [0.717, 1.165) is 23.2 Å². The number of aliphatic hydroxyl groups excluding tert-OH is 1. The van der Waals surface area contributed by atoms with E-state index in [2.05, 4.69) is 17.2 Å². The van der Waals surface area contributed by atoms with Gasteiger partial charge in [-0.15, -0.1) is 0 Å². The minimum Gasteiger partial charge on any atom is -0.384 e. The van der Waals surface area contributed by atoms with Gasteiger partial charge in [-0.25, -0.2) is 0 Å². The second kappa shape index (κ2) is 6.72. The number of aliphatic hydroxyl groups is 1. The zero-order valence-electron chi connectivity index (χ0n) is 10.2. The average Bonchev–Trinajstić information content (AvgIpc) is 2.37. The minimum atomic E-state index is -0.143. The van der Waals surface area contributed by atoms with Crippen LogP contribution in [0.3, 0.4) is 0 Å². The first kappa shape index (κ1) is 13.3. The maximum atomic E-state index is 11.3. The fourth-order valence-electron chi connectivity index (χ4n) is 1.47. The molecule has 2 N–H and O–H groups in total. The van der Waals surface area contributed by atoms with Crippen LogP contribution in [0.4, 0.5) is 5.69 Å². The van der Waals surface area contributed by atoms with Crippen LogP contribution < -0.4 is 5.32 Å². The first-order valence-corrected chi connectivity index (χ1v) is 5.73. The number of benzene rings is 1. The molecule has 3 heteroatoms. The summed E-state index contributed by atoms with van der Waals surface area (Å²) in [5.41, 5.74) is 2.75. The Labute approximate surface area is 102 Å². The summed E-state index contributed by atoms with van der Waals surface area (Å²) in [7, 11) is 0. The standard InChI is InChI=1S/C14H17NO2/c1-3-12-10-11(6-5-9-16)7-8-13(12)15-14(17)4-2/h7-8,10,16H,3-4,9H2,1-2H3,(H,15,17). The van der Waals surface area contributed by atoms with Crippen LogP contribution in [0.2, 0.25) is 0 Å². The molecule has 0 aromatic heterocycles.